The lowest BCUT2D eigenvalue weighted by Crippen LogP contribution is -2.48. The standard InChI is InChI=1S/C16H20ClN3O2S/c17-15-2-1-14(23-15)12-9-18-16(19-12)13-10-22-8-5-20(13)11-3-6-21-7-4-11/h1-2,9,11,13H,3-8,10H2,(H,18,19)/t13-/m0/s1. The van der Waals surface area contributed by atoms with Gasteiger partial charge >= 0.3 is 0 Å². The van der Waals surface area contributed by atoms with E-state index < -0.39 is 0 Å². The zero-order valence-corrected chi connectivity index (χ0v) is 14.4. The number of hydrogen-bond acceptors (Lipinski definition) is 5. The first kappa shape index (κ1) is 15.6. The molecule has 124 valence electrons. The van der Waals surface area contributed by atoms with E-state index in [1.54, 1.807) is 11.3 Å². The molecule has 2 aliphatic rings. The lowest BCUT2D eigenvalue weighted by Gasteiger charge is -2.41. The van der Waals surface area contributed by atoms with E-state index in [2.05, 4.69) is 14.9 Å². The first-order valence-electron chi connectivity index (χ1n) is 8.03. The fourth-order valence-electron chi connectivity index (χ4n) is 3.40. The highest BCUT2D eigenvalue weighted by Crippen LogP contribution is 2.33. The second kappa shape index (κ2) is 6.91. The van der Waals surface area contributed by atoms with E-state index in [4.69, 9.17) is 21.1 Å². The van der Waals surface area contributed by atoms with E-state index in [0.717, 1.165) is 59.9 Å². The Morgan fingerprint density at radius 3 is 2.87 bits per heavy atom. The molecule has 0 spiro atoms. The van der Waals surface area contributed by atoms with Crippen molar-refractivity contribution in [1.29, 1.82) is 0 Å². The Balaban J connectivity index is 1.56. The zero-order chi connectivity index (χ0) is 15.6. The number of thiophene rings is 1. The summed E-state index contributed by atoms with van der Waals surface area (Å²) in [4.78, 5) is 11.7. The molecule has 2 fully saturated rings. The molecular weight excluding hydrogens is 334 g/mol. The van der Waals surface area contributed by atoms with E-state index in [9.17, 15) is 0 Å². The third kappa shape index (κ3) is 3.32. The molecule has 0 amide bonds. The van der Waals surface area contributed by atoms with Crippen molar-refractivity contribution in [3.05, 3.63) is 28.5 Å². The Kier molecular flexibility index (Phi) is 4.68. The van der Waals surface area contributed by atoms with Gasteiger partial charge in [0.25, 0.3) is 0 Å². The van der Waals surface area contributed by atoms with Gasteiger partial charge < -0.3 is 14.5 Å². The Labute approximate surface area is 144 Å². The first-order valence-corrected chi connectivity index (χ1v) is 9.22. The molecule has 0 aromatic carbocycles. The number of imidazole rings is 1. The lowest BCUT2D eigenvalue weighted by atomic mass is 10.0. The van der Waals surface area contributed by atoms with Crippen LogP contribution in [0.1, 0.15) is 24.7 Å². The van der Waals surface area contributed by atoms with Crippen LogP contribution in [0.25, 0.3) is 10.6 Å². The molecule has 0 aliphatic carbocycles. The Bertz CT molecular complexity index is 653. The van der Waals surface area contributed by atoms with Gasteiger partial charge in [-0.25, -0.2) is 4.98 Å². The molecule has 7 heteroatoms. The van der Waals surface area contributed by atoms with Gasteiger partial charge in [-0.2, -0.15) is 0 Å². The van der Waals surface area contributed by atoms with Gasteiger partial charge in [-0.3, -0.25) is 4.90 Å². The van der Waals surface area contributed by atoms with Crippen LogP contribution >= 0.6 is 22.9 Å². The van der Waals surface area contributed by atoms with E-state index in [0.29, 0.717) is 12.6 Å². The Morgan fingerprint density at radius 2 is 2.09 bits per heavy atom. The summed E-state index contributed by atoms with van der Waals surface area (Å²) < 4.78 is 12.0. The van der Waals surface area contributed by atoms with E-state index in [1.165, 1.54) is 0 Å². The van der Waals surface area contributed by atoms with Crippen LogP contribution in [0.5, 0.6) is 0 Å². The van der Waals surface area contributed by atoms with Crippen molar-refractivity contribution in [1.82, 2.24) is 14.9 Å². The summed E-state index contributed by atoms with van der Waals surface area (Å²) in [7, 11) is 0. The van der Waals surface area contributed by atoms with Crippen LogP contribution in [0, 0.1) is 0 Å². The minimum absolute atomic E-state index is 0.191. The molecule has 2 aromatic heterocycles. The predicted molar refractivity (Wildman–Crippen MR) is 91.0 cm³/mol. The third-order valence-corrected chi connectivity index (χ3v) is 5.84. The van der Waals surface area contributed by atoms with Crippen molar-refractivity contribution in [3.63, 3.8) is 0 Å². The molecule has 23 heavy (non-hydrogen) atoms. The normalized spacial score (nSPS) is 24.1. The molecule has 0 radical (unpaired) electrons. The molecule has 4 heterocycles. The summed E-state index contributed by atoms with van der Waals surface area (Å²) in [6.45, 7) is 4.14. The van der Waals surface area contributed by atoms with Crippen LogP contribution in [0.15, 0.2) is 18.3 Å². The topological polar surface area (TPSA) is 50.4 Å². The van der Waals surface area contributed by atoms with E-state index in [-0.39, 0.29) is 6.04 Å². The smallest absolute Gasteiger partial charge is 0.126 e. The van der Waals surface area contributed by atoms with E-state index in [1.807, 2.05) is 18.3 Å². The van der Waals surface area contributed by atoms with Gasteiger partial charge in [-0.05, 0) is 25.0 Å². The number of aromatic amines is 1. The number of nitrogens with one attached hydrogen (secondary N) is 1. The number of nitrogens with zero attached hydrogens (tertiary/aromatic N) is 2. The van der Waals surface area contributed by atoms with Crippen LogP contribution in [0.4, 0.5) is 0 Å². The first-order chi connectivity index (χ1) is 11.3. The molecular formula is C16H20ClN3O2S. The van der Waals surface area contributed by atoms with E-state index >= 15 is 0 Å². The predicted octanol–water partition coefficient (Wildman–Crippen LogP) is 3.34. The quantitative estimate of drug-likeness (QED) is 0.919. The zero-order valence-electron chi connectivity index (χ0n) is 12.8. The number of morpholine rings is 1. The molecule has 4 rings (SSSR count). The van der Waals surface area contributed by atoms with Gasteiger partial charge in [0.05, 0.1) is 40.4 Å². The van der Waals surface area contributed by atoms with Crippen molar-refractivity contribution < 1.29 is 9.47 Å². The van der Waals surface area contributed by atoms with Gasteiger partial charge in [0.2, 0.25) is 0 Å². The van der Waals surface area contributed by atoms with Crippen LogP contribution in [0.2, 0.25) is 4.34 Å². The minimum Gasteiger partial charge on any atom is -0.381 e. The minimum atomic E-state index is 0.191. The fraction of sp³-hybridized carbons (Fsp3) is 0.562. The average Bonchev–Trinajstić information content (AvgIpc) is 3.24. The summed E-state index contributed by atoms with van der Waals surface area (Å²) in [6, 6.07) is 4.69. The largest absolute Gasteiger partial charge is 0.381 e. The number of H-pyrrole nitrogens is 1. The van der Waals surface area contributed by atoms with Crippen molar-refractivity contribution in [2.24, 2.45) is 0 Å². The maximum absolute atomic E-state index is 6.03. The molecule has 2 aromatic rings. The van der Waals surface area contributed by atoms with Crippen LogP contribution in [0.3, 0.4) is 0 Å². The summed E-state index contributed by atoms with van der Waals surface area (Å²) in [6.07, 6.45) is 4.07. The van der Waals surface area contributed by atoms with Crippen LogP contribution in [-0.2, 0) is 9.47 Å². The molecule has 0 bridgehead atoms. The van der Waals surface area contributed by atoms with Crippen molar-refractivity contribution in [2.45, 2.75) is 24.9 Å². The highest BCUT2D eigenvalue weighted by Gasteiger charge is 2.33. The third-order valence-electron chi connectivity index (χ3n) is 4.58. The Hall–Kier alpha value is -0.920. The fourth-order valence-corrected chi connectivity index (χ4v) is 4.40. The molecule has 2 saturated heterocycles. The SMILES string of the molecule is Clc1ccc(-c2cnc([C@@H]3COCCN3C3CCOCC3)[nH]2)s1. The van der Waals surface area contributed by atoms with Gasteiger partial charge in [-0.1, -0.05) is 11.6 Å². The second-order valence-electron chi connectivity index (χ2n) is 5.96. The van der Waals surface area contributed by atoms with Crippen molar-refractivity contribution in [2.75, 3.05) is 33.0 Å². The number of aromatic nitrogens is 2. The number of ether oxygens (including phenoxy) is 2. The summed E-state index contributed by atoms with van der Waals surface area (Å²) in [5.41, 5.74) is 1.02. The lowest BCUT2D eigenvalue weighted by molar-refractivity contribution is -0.0589. The van der Waals surface area contributed by atoms with Crippen molar-refractivity contribution >= 4 is 22.9 Å². The average molecular weight is 354 g/mol. The summed E-state index contributed by atoms with van der Waals surface area (Å²) in [5.74, 6) is 0.982. The van der Waals surface area contributed by atoms with Crippen molar-refractivity contribution in [3.8, 4) is 10.6 Å². The highest BCUT2D eigenvalue weighted by molar-refractivity contribution is 7.19. The molecule has 1 atom stereocenters. The van der Waals surface area contributed by atoms with Gasteiger partial charge in [0, 0.05) is 25.8 Å². The van der Waals surface area contributed by atoms with Gasteiger partial charge in [0.15, 0.2) is 0 Å². The molecule has 0 unspecified atom stereocenters. The maximum Gasteiger partial charge on any atom is 0.126 e. The highest BCUT2D eigenvalue weighted by atomic mass is 35.5. The summed E-state index contributed by atoms with van der Waals surface area (Å²) >= 11 is 7.60. The second-order valence-corrected chi connectivity index (χ2v) is 7.67. The number of hydrogen-bond donors (Lipinski definition) is 1. The number of halogens is 1. The molecule has 0 saturated carbocycles. The maximum atomic E-state index is 6.03. The van der Waals surface area contributed by atoms with Crippen LogP contribution < -0.4 is 0 Å². The molecule has 5 nitrogen and oxygen atoms in total. The van der Waals surface area contributed by atoms with Gasteiger partial charge in [0.1, 0.15) is 5.82 Å². The molecule has 2 aliphatic heterocycles. The monoisotopic (exact) mass is 353 g/mol. The van der Waals surface area contributed by atoms with Gasteiger partial charge in [-0.15, -0.1) is 11.3 Å². The molecule has 1 N–H and O–H groups in total. The van der Waals surface area contributed by atoms with Crippen LogP contribution in [-0.4, -0.2) is 53.9 Å². The summed E-state index contributed by atoms with van der Waals surface area (Å²) in [5, 5.41) is 0. The number of rotatable bonds is 3. The Morgan fingerprint density at radius 1 is 1.22 bits per heavy atom.